The van der Waals surface area contributed by atoms with Crippen LogP contribution in [-0.2, 0) is 6.54 Å². The molecule has 0 saturated heterocycles. The molecular weight excluding hydrogens is 550 g/mol. The van der Waals surface area contributed by atoms with Gasteiger partial charge in [0.2, 0.25) is 0 Å². The highest BCUT2D eigenvalue weighted by Crippen LogP contribution is 2.40. The van der Waals surface area contributed by atoms with E-state index in [1.165, 1.54) is 10.8 Å². The Balaban J connectivity index is 1.32. The van der Waals surface area contributed by atoms with E-state index in [-0.39, 0.29) is 0 Å². The molecule has 2 N–H and O–H groups in total. The molecule has 0 aliphatic carbocycles. The SMILES string of the molecule is NC(=NC(=NCc1ccccc1)c1ccc2ccccc2c1)c1cccc2oc3cccc(-c4cccc5ccccc45)c3c12. The molecule has 0 radical (unpaired) electrons. The van der Waals surface area contributed by atoms with Crippen molar-refractivity contribution in [3.63, 3.8) is 0 Å². The first-order valence-electron chi connectivity index (χ1n) is 15.1. The third kappa shape index (κ3) is 4.92. The number of rotatable bonds is 5. The normalized spacial score (nSPS) is 12.4. The highest BCUT2D eigenvalue weighted by molar-refractivity contribution is 6.24. The molecule has 1 aromatic heterocycles. The summed E-state index contributed by atoms with van der Waals surface area (Å²) in [4.78, 5) is 10.0. The minimum atomic E-state index is 0.385. The van der Waals surface area contributed by atoms with Crippen molar-refractivity contribution in [3.8, 4) is 11.1 Å². The quantitative estimate of drug-likeness (QED) is 0.163. The van der Waals surface area contributed by atoms with Gasteiger partial charge in [-0.3, -0.25) is 4.99 Å². The Kier molecular flexibility index (Phi) is 6.65. The minimum Gasteiger partial charge on any atom is -0.456 e. The summed E-state index contributed by atoms with van der Waals surface area (Å²) in [6, 6.07) is 51.9. The van der Waals surface area contributed by atoms with E-state index >= 15 is 0 Å². The van der Waals surface area contributed by atoms with Gasteiger partial charge in [-0.1, -0.05) is 133 Å². The number of nitrogens with two attached hydrogens (primary N) is 1. The standard InChI is InChI=1S/C41H29N3O/c42-40(44-41(43-26-27-11-2-1-3-12-27)31-24-23-28-13-4-5-15-30(28)25-31)35-20-10-22-37-39(35)38-34(19-9-21-36(38)45-37)33-18-8-16-29-14-6-7-17-32(29)33/h1-25H,26H2,(H2,42,43,44). The maximum absolute atomic E-state index is 6.94. The van der Waals surface area contributed by atoms with Gasteiger partial charge in [0.05, 0.1) is 6.54 Å². The predicted octanol–water partition coefficient (Wildman–Crippen LogP) is 9.91. The van der Waals surface area contributed by atoms with E-state index in [1.54, 1.807) is 0 Å². The summed E-state index contributed by atoms with van der Waals surface area (Å²) in [6.45, 7) is 0.490. The van der Waals surface area contributed by atoms with Gasteiger partial charge in [-0.25, -0.2) is 4.99 Å². The van der Waals surface area contributed by atoms with Crippen molar-refractivity contribution < 1.29 is 4.42 Å². The molecule has 1 heterocycles. The van der Waals surface area contributed by atoms with Gasteiger partial charge in [-0.15, -0.1) is 0 Å². The summed E-state index contributed by atoms with van der Waals surface area (Å²) < 4.78 is 6.42. The second-order valence-corrected chi connectivity index (χ2v) is 11.2. The topological polar surface area (TPSA) is 63.9 Å². The number of aliphatic imine (C=N–C) groups is 2. The zero-order valence-electron chi connectivity index (χ0n) is 24.5. The van der Waals surface area contributed by atoms with Crippen LogP contribution in [0.5, 0.6) is 0 Å². The Morgan fingerprint density at radius 3 is 2.09 bits per heavy atom. The number of furan rings is 1. The van der Waals surface area contributed by atoms with Crippen LogP contribution < -0.4 is 5.73 Å². The fraction of sp³-hybridized carbons (Fsp3) is 0.0244. The van der Waals surface area contributed by atoms with Crippen LogP contribution in [-0.4, -0.2) is 11.7 Å². The maximum Gasteiger partial charge on any atom is 0.157 e. The van der Waals surface area contributed by atoms with Gasteiger partial charge in [0.25, 0.3) is 0 Å². The first kappa shape index (κ1) is 26.6. The molecule has 8 rings (SSSR count). The molecular formula is C41H29N3O. The van der Waals surface area contributed by atoms with Crippen LogP contribution in [0.25, 0.3) is 54.6 Å². The van der Waals surface area contributed by atoms with Gasteiger partial charge in [0.1, 0.15) is 17.0 Å². The van der Waals surface area contributed by atoms with Gasteiger partial charge in [-0.05, 0) is 56.4 Å². The lowest BCUT2D eigenvalue weighted by molar-refractivity contribution is 0.669. The van der Waals surface area contributed by atoms with Crippen molar-refractivity contribution in [1.82, 2.24) is 0 Å². The van der Waals surface area contributed by atoms with Gasteiger partial charge in [-0.2, -0.15) is 0 Å². The molecule has 45 heavy (non-hydrogen) atoms. The van der Waals surface area contributed by atoms with E-state index < -0.39 is 0 Å². The average Bonchev–Trinajstić information content (AvgIpc) is 3.49. The molecule has 0 unspecified atom stereocenters. The Morgan fingerprint density at radius 1 is 0.556 bits per heavy atom. The molecule has 0 amide bonds. The van der Waals surface area contributed by atoms with Crippen LogP contribution in [0, 0.1) is 0 Å². The molecule has 4 heteroatoms. The Hall–Kier alpha value is -6.00. The summed E-state index contributed by atoms with van der Waals surface area (Å²) in [5.74, 6) is 0.970. The Bertz CT molecular complexity index is 2410. The first-order valence-corrected chi connectivity index (χ1v) is 15.1. The molecule has 0 atom stereocenters. The number of hydrogen-bond acceptors (Lipinski definition) is 2. The van der Waals surface area contributed by atoms with E-state index in [1.807, 2.05) is 60.7 Å². The fourth-order valence-corrected chi connectivity index (χ4v) is 6.21. The van der Waals surface area contributed by atoms with Crippen molar-refractivity contribution in [2.24, 2.45) is 15.7 Å². The smallest absolute Gasteiger partial charge is 0.157 e. The summed E-state index contributed by atoms with van der Waals surface area (Å²) in [7, 11) is 0. The molecule has 0 spiro atoms. The molecule has 0 aliphatic rings. The van der Waals surface area contributed by atoms with Crippen LogP contribution in [0.1, 0.15) is 16.7 Å². The summed E-state index contributed by atoms with van der Waals surface area (Å²) in [5, 5.41) is 6.63. The van der Waals surface area contributed by atoms with Crippen LogP contribution in [0.3, 0.4) is 0 Å². The predicted molar refractivity (Wildman–Crippen MR) is 188 cm³/mol. The van der Waals surface area contributed by atoms with Crippen LogP contribution in [0.4, 0.5) is 0 Å². The van der Waals surface area contributed by atoms with Gasteiger partial charge in [0.15, 0.2) is 5.84 Å². The highest BCUT2D eigenvalue weighted by Gasteiger charge is 2.19. The zero-order valence-corrected chi connectivity index (χ0v) is 24.5. The Labute approximate surface area is 260 Å². The van der Waals surface area contributed by atoms with Crippen molar-refractivity contribution in [1.29, 1.82) is 0 Å². The van der Waals surface area contributed by atoms with E-state index in [9.17, 15) is 0 Å². The van der Waals surface area contributed by atoms with Crippen molar-refractivity contribution in [2.45, 2.75) is 6.54 Å². The van der Waals surface area contributed by atoms with Crippen LogP contribution >= 0.6 is 0 Å². The van der Waals surface area contributed by atoms with Gasteiger partial charge in [0, 0.05) is 21.9 Å². The molecule has 8 aromatic rings. The zero-order chi connectivity index (χ0) is 30.2. The second-order valence-electron chi connectivity index (χ2n) is 11.2. The second kappa shape index (κ2) is 11.3. The van der Waals surface area contributed by atoms with Crippen molar-refractivity contribution in [2.75, 3.05) is 0 Å². The van der Waals surface area contributed by atoms with Gasteiger partial charge < -0.3 is 10.2 Å². The lowest BCUT2D eigenvalue weighted by Crippen LogP contribution is -2.17. The number of fused-ring (bicyclic) bond motifs is 5. The number of hydrogen-bond donors (Lipinski definition) is 1. The van der Waals surface area contributed by atoms with Crippen LogP contribution in [0.15, 0.2) is 166 Å². The van der Waals surface area contributed by atoms with Gasteiger partial charge >= 0.3 is 0 Å². The van der Waals surface area contributed by atoms with E-state index in [4.69, 9.17) is 20.1 Å². The van der Waals surface area contributed by atoms with Crippen molar-refractivity contribution >= 4 is 55.2 Å². The lowest BCUT2D eigenvalue weighted by Gasteiger charge is -2.10. The number of nitrogens with zero attached hydrogens (tertiary/aromatic N) is 2. The molecule has 0 saturated carbocycles. The third-order valence-electron chi connectivity index (χ3n) is 8.37. The van der Waals surface area contributed by atoms with E-state index in [0.29, 0.717) is 18.2 Å². The molecule has 214 valence electrons. The summed E-state index contributed by atoms with van der Waals surface area (Å²) in [6.07, 6.45) is 0. The van der Waals surface area contributed by atoms with E-state index in [0.717, 1.165) is 60.5 Å². The lowest BCUT2D eigenvalue weighted by atomic mass is 9.93. The molecule has 4 nitrogen and oxygen atoms in total. The average molecular weight is 580 g/mol. The van der Waals surface area contributed by atoms with Crippen molar-refractivity contribution in [3.05, 3.63) is 168 Å². The number of amidine groups is 2. The highest BCUT2D eigenvalue weighted by atomic mass is 16.3. The fourth-order valence-electron chi connectivity index (χ4n) is 6.21. The summed E-state index contributed by atoms with van der Waals surface area (Å²) in [5.41, 5.74) is 13.6. The third-order valence-corrected chi connectivity index (χ3v) is 8.37. The Morgan fingerprint density at radius 2 is 1.22 bits per heavy atom. The molecule has 0 bridgehead atoms. The molecule has 0 aliphatic heterocycles. The van der Waals surface area contributed by atoms with E-state index in [2.05, 4.69) is 91.0 Å². The molecule has 7 aromatic carbocycles. The summed E-state index contributed by atoms with van der Waals surface area (Å²) >= 11 is 0. The monoisotopic (exact) mass is 579 g/mol. The first-order chi connectivity index (χ1) is 22.2. The molecule has 0 fully saturated rings. The maximum atomic E-state index is 6.94. The minimum absolute atomic E-state index is 0.385. The largest absolute Gasteiger partial charge is 0.456 e. The van der Waals surface area contributed by atoms with Crippen LogP contribution in [0.2, 0.25) is 0 Å². The number of benzene rings is 7.